The van der Waals surface area contributed by atoms with E-state index in [2.05, 4.69) is 97.7 Å². The van der Waals surface area contributed by atoms with E-state index in [1.165, 1.54) is 33.2 Å². The number of anilines is 1. The molecule has 0 bridgehead atoms. The Balaban J connectivity index is 2.68. The van der Waals surface area contributed by atoms with Crippen molar-refractivity contribution in [3.63, 3.8) is 0 Å². The molecule has 0 radical (unpaired) electrons. The summed E-state index contributed by atoms with van der Waals surface area (Å²) < 4.78 is 6.26. The first-order chi connectivity index (χ1) is 13.8. The first-order valence-corrected chi connectivity index (χ1v) is 24.4. The first-order valence-electron chi connectivity index (χ1n) is 10.5. The van der Waals surface area contributed by atoms with Crippen LogP contribution in [0.15, 0.2) is 30.3 Å². The maximum atomic E-state index is 6.33. The van der Waals surface area contributed by atoms with Crippen LogP contribution in [0.1, 0.15) is 63.8 Å². The van der Waals surface area contributed by atoms with Gasteiger partial charge in [0.05, 0.1) is 0 Å². The van der Waals surface area contributed by atoms with E-state index in [4.69, 9.17) is 19.3 Å². The van der Waals surface area contributed by atoms with Gasteiger partial charge in [-0.05, 0) is 0 Å². The Bertz CT molecular complexity index is 894. The molecule has 0 saturated heterocycles. The molecule has 0 fully saturated rings. The molecule has 0 heterocycles. The fourth-order valence-electron chi connectivity index (χ4n) is 3.69. The van der Waals surface area contributed by atoms with Crippen LogP contribution in [0.5, 0.6) is 5.75 Å². The normalized spacial score (nSPS) is 12.5. The summed E-state index contributed by atoms with van der Waals surface area (Å²) in [5.41, 5.74) is 6.23. The Morgan fingerprint density at radius 3 is 2.17 bits per heavy atom. The molecule has 2 aromatic carbocycles. The van der Waals surface area contributed by atoms with Crippen LogP contribution in [0.3, 0.4) is 0 Å². The van der Waals surface area contributed by atoms with Gasteiger partial charge in [0.15, 0.2) is 0 Å². The minimum absolute atomic E-state index is 0.0535. The number of benzene rings is 2. The standard InChI is InChI=1S/C24H36NOP.2ClH.Tl/c1-10-25(9)20-13-11-12-17(3)22(20)27-24(7,8)19-15-16(2)14-18(21(19)26)23(4,5)6;;;/h11-15,26-27H,10H2,1-9H3;2*1H;/q;;;+3/p-3. The quantitative estimate of drug-likeness (QED) is 0.232. The van der Waals surface area contributed by atoms with Crippen molar-refractivity contribution in [1.29, 1.82) is 0 Å². The average Bonchev–Trinajstić information content (AvgIpc) is 2.62. The van der Waals surface area contributed by atoms with Gasteiger partial charge in [0.2, 0.25) is 0 Å². The van der Waals surface area contributed by atoms with Gasteiger partial charge < -0.3 is 0 Å². The van der Waals surface area contributed by atoms with Gasteiger partial charge in [0.1, 0.15) is 0 Å². The summed E-state index contributed by atoms with van der Waals surface area (Å²) in [6, 6.07) is 11.1. The minimum atomic E-state index is -3.13. The van der Waals surface area contributed by atoms with Gasteiger partial charge in [-0.3, -0.25) is 0 Å². The summed E-state index contributed by atoms with van der Waals surface area (Å²) in [7, 11) is 15.4. The van der Waals surface area contributed by atoms with Crippen molar-refractivity contribution in [3.05, 3.63) is 52.6 Å². The third kappa shape index (κ3) is 6.27. The molecule has 0 aliphatic heterocycles. The van der Waals surface area contributed by atoms with Crippen LogP contribution in [-0.4, -0.2) is 34.3 Å². The van der Waals surface area contributed by atoms with Crippen molar-refractivity contribution < 1.29 is 2.69 Å². The molecule has 6 heteroatoms. The molecular weight excluding hydrogens is 625 g/mol. The maximum absolute atomic E-state index is 6.33. The molecular formula is C24H35Cl2NOPTl. The van der Waals surface area contributed by atoms with E-state index in [0.717, 1.165) is 12.3 Å². The van der Waals surface area contributed by atoms with Gasteiger partial charge in [-0.25, -0.2) is 0 Å². The second kappa shape index (κ2) is 10.3. The Morgan fingerprint density at radius 1 is 1.03 bits per heavy atom. The van der Waals surface area contributed by atoms with Crippen molar-refractivity contribution in [2.45, 2.75) is 66.0 Å². The third-order valence-electron chi connectivity index (χ3n) is 5.50. The van der Waals surface area contributed by atoms with E-state index in [9.17, 15) is 0 Å². The van der Waals surface area contributed by atoms with Crippen molar-refractivity contribution in [2.75, 3.05) is 18.5 Å². The summed E-state index contributed by atoms with van der Waals surface area (Å²) in [4.78, 5) is 2.32. The van der Waals surface area contributed by atoms with E-state index in [0.29, 0.717) is 8.58 Å². The molecule has 0 N–H and O–H groups in total. The summed E-state index contributed by atoms with van der Waals surface area (Å²) in [5, 5.41) is 1.29. The zero-order valence-electron chi connectivity index (χ0n) is 19.8. The molecule has 2 nitrogen and oxygen atoms in total. The summed E-state index contributed by atoms with van der Waals surface area (Å²) in [5.74, 6) is 0.918. The van der Waals surface area contributed by atoms with Crippen LogP contribution < -0.4 is 12.9 Å². The average molecular weight is 660 g/mol. The Hall–Kier alpha value is -0.0279. The number of aryl methyl sites for hydroxylation is 2. The van der Waals surface area contributed by atoms with Crippen LogP contribution in [-0.2, 0) is 10.6 Å². The van der Waals surface area contributed by atoms with Crippen molar-refractivity contribution in [3.8, 4) is 5.75 Å². The molecule has 0 aliphatic rings. The fourth-order valence-corrected chi connectivity index (χ4v) is 8.57. The zero-order valence-corrected chi connectivity index (χ0v) is 26.8. The number of rotatable bonds is 7. The second-order valence-electron chi connectivity index (χ2n) is 9.55. The molecule has 0 saturated carbocycles. The molecule has 2 rings (SSSR count). The monoisotopic (exact) mass is 659 g/mol. The van der Waals surface area contributed by atoms with Crippen LogP contribution in [0.25, 0.3) is 0 Å². The predicted molar refractivity (Wildman–Crippen MR) is 139 cm³/mol. The molecule has 2 aromatic rings. The van der Waals surface area contributed by atoms with E-state index < -0.39 is 20.7 Å². The van der Waals surface area contributed by atoms with Crippen LogP contribution >= 0.6 is 25.2 Å². The third-order valence-corrected chi connectivity index (χ3v) is 10.5. The second-order valence-corrected chi connectivity index (χ2v) is 23.4. The summed E-state index contributed by atoms with van der Waals surface area (Å²) >= 11 is -3.13. The van der Waals surface area contributed by atoms with E-state index in [-0.39, 0.29) is 10.6 Å². The molecule has 0 amide bonds. The van der Waals surface area contributed by atoms with Gasteiger partial charge in [0, 0.05) is 0 Å². The molecule has 0 spiro atoms. The molecule has 164 valence electrons. The van der Waals surface area contributed by atoms with Crippen molar-refractivity contribution in [2.24, 2.45) is 0 Å². The Kier molecular flexibility index (Phi) is 8.98. The van der Waals surface area contributed by atoms with Crippen molar-refractivity contribution in [1.82, 2.24) is 0 Å². The van der Waals surface area contributed by atoms with E-state index in [1.807, 2.05) is 0 Å². The predicted octanol–water partition coefficient (Wildman–Crippen LogP) is 7.14. The summed E-state index contributed by atoms with van der Waals surface area (Å²) in [6.07, 6.45) is 0. The molecule has 1 unspecified atom stereocenters. The SMILES string of the molecule is CCN(C)c1cccc(C)c1PC(C)(C)c1cc(C)cc(C(C)(C)C)c1[O][Tl]([Cl])[Cl]. The first kappa shape index (κ1) is 26.2. The van der Waals surface area contributed by atoms with Crippen LogP contribution in [0.4, 0.5) is 5.69 Å². The topological polar surface area (TPSA) is 12.5 Å². The number of halogens is 2. The van der Waals surface area contributed by atoms with E-state index in [1.54, 1.807) is 0 Å². The van der Waals surface area contributed by atoms with E-state index >= 15 is 0 Å². The Morgan fingerprint density at radius 2 is 1.63 bits per heavy atom. The zero-order chi connectivity index (χ0) is 22.9. The Labute approximate surface area is 201 Å². The van der Waals surface area contributed by atoms with Gasteiger partial charge in [-0.15, -0.1) is 0 Å². The van der Waals surface area contributed by atoms with Gasteiger partial charge in [0.25, 0.3) is 0 Å². The van der Waals surface area contributed by atoms with Gasteiger partial charge >= 0.3 is 202 Å². The van der Waals surface area contributed by atoms with Crippen LogP contribution in [0.2, 0.25) is 0 Å². The fraction of sp³-hybridized carbons (Fsp3) is 0.500. The van der Waals surface area contributed by atoms with Gasteiger partial charge in [-0.1, -0.05) is 0 Å². The van der Waals surface area contributed by atoms with Crippen LogP contribution in [0, 0.1) is 13.8 Å². The number of hydrogen-bond donors (Lipinski definition) is 0. The number of nitrogens with zero attached hydrogens (tertiary/aromatic N) is 1. The molecule has 0 aromatic heterocycles. The number of hydrogen-bond acceptors (Lipinski definition) is 2. The summed E-state index contributed by atoms with van der Waals surface area (Å²) in [6.45, 7) is 18.8. The molecule has 0 aliphatic carbocycles. The molecule has 30 heavy (non-hydrogen) atoms. The van der Waals surface area contributed by atoms with Crippen molar-refractivity contribution >= 4 is 56.9 Å². The van der Waals surface area contributed by atoms with Gasteiger partial charge in [-0.2, -0.15) is 0 Å². The molecule has 1 atom stereocenters.